The van der Waals surface area contributed by atoms with E-state index in [1.807, 2.05) is 4.68 Å². The molecule has 0 fully saturated rings. The molecule has 6 aromatic rings. The minimum Gasteiger partial charge on any atom is -0.311 e. The Bertz CT molecular complexity index is 2360. The number of nitrogens with zero attached hydrogens (tertiary/aromatic N) is 5. The molecule has 0 saturated carbocycles. The third-order valence-electron chi connectivity index (χ3n) is 11.4. The number of rotatable bonds is 3. The van der Waals surface area contributed by atoms with E-state index in [1.54, 1.807) is 0 Å². The van der Waals surface area contributed by atoms with Crippen molar-refractivity contribution < 1.29 is 0 Å². The van der Waals surface area contributed by atoms with Crippen LogP contribution in [0.5, 0.6) is 0 Å². The standard InChI is InChI=1S/C48H54BN5/c1-45(2,3)31-18-23-35(24-19-31)52-39-27-22-33(47(7,8)9)28-38(39)49-42-40(52)29-34(48(10,11)12)30-41(42)53(36-25-20-32(21-26-36)46(4,5)6)44-43(49)50-51-54(44)37-16-14-13-15-17-37/h13-30H,1-12H3. The van der Waals surface area contributed by atoms with E-state index in [0.717, 1.165) is 28.5 Å². The summed E-state index contributed by atoms with van der Waals surface area (Å²) >= 11 is 0. The summed E-state index contributed by atoms with van der Waals surface area (Å²) in [6.45, 7) is 27.4. The van der Waals surface area contributed by atoms with Gasteiger partial charge in [-0.2, -0.15) is 4.68 Å². The van der Waals surface area contributed by atoms with Crippen LogP contribution in [0.3, 0.4) is 0 Å². The smallest absolute Gasteiger partial charge is 0.280 e. The molecule has 2 aliphatic heterocycles. The molecule has 6 heteroatoms. The lowest BCUT2D eigenvalue weighted by Crippen LogP contribution is -2.62. The second-order valence-corrected chi connectivity index (χ2v) is 19.4. The van der Waals surface area contributed by atoms with Crippen LogP contribution in [0.15, 0.2) is 109 Å². The van der Waals surface area contributed by atoms with Crippen LogP contribution >= 0.6 is 0 Å². The van der Waals surface area contributed by atoms with Crippen LogP contribution in [0.25, 0.3) is 5.69 Å². The average molecular weight is 712 g/mol. The summed E-state index contributed by atoms with van der Waals surface area (Å²) in [5.41, 5.74) is 15.4. The van der Waals surface area contributed by atoms with Gasteiger partial charge in [-0.25, -0.2) is 0 Å². The highest BCUT2D eigenvalue weighted by Gasteiger charge is 2.47. The van der Waals surface area contributed by atoms with Crippen molar-refractivity contribution in [3.05, 3.63) is 131 Å². The van der Waals surface area contributed by atoms with Crippen LogP contribution in [-0.2, 0) is 21.7 Å². The Hall–Kier alpha value is -5.10. The number of para-hydroxylation sites is 1. The second-order valence-electron chi connectivity index (χ2n) is 19.4. The lowest BCUT2D eigenvalue weighted by atomic mass is 9.35. The zero-order valence-corrected chi connectivity index (χ0v) is 34.2. The molecule has 54 heavy (non-hydrogen) atoms. The van der Waals surface area contributed by atoms with Crippen molar-refractivity contribution in [3.63, 3.8) is 0 Å². The number of fused-ring (bicyclic) bond motifs is 4. The third-order valence-corrected chi connectivity index (χ3v) is 11.4. The molecule has 5 aromatic carbocycles. The fourth-order valence-electron chi connectivity index (χ4n) is 8.05. The maximum Gasteiger partial charge on any atom is 0.280 e. The van der Waals surface area contributed by atoms with Crippen molar-refractivity contribution in [2.45, 2.75) is 105 Å². The average Bonchev–Trinajstić information content (AvgIpc) is 3.55. The van der Waals surface area contributed by atoms with Crippen molar-refractivity contribution in [2.24, 2.45) is 0 Å². The highest BCUT2D eigenvalue weighted by Crippen LogP contribution is 2.47. The van der Waals surface area contributed by atoms with E-state index in [-0.39, 0.29) is 28.4 Å². The van der Waals surface area contributed by atoms with Gasteiger partial charge in [-0.15, -0.1) is 5.10 Å². The Morgan fingerprint density at radius 1 is 0.444 bits per heavy atom. The molecular weight excluding hydrogens is 657 g/mol. The Balaban J connectivity index is 1.49. The first-order valence-corrected chi connectivity index (χ1v) is 19.5. The molecule has 274 valence electrons. The first-order valence-electron chi connectivity index (χ1n) is 19.5. The third kappa shape index (κ3) is 5.95. The van der Waals surface area contributed by atoms with Gasteiger partial charge < -0.3 is 4.90 Å². The van der Waals surface area contributed by atoms with Crippen molar-refractivity contribution >= 4 is 57.5 Å². The van der Waals surface area contributed by atoms with Crippen LogP contribution in [0.1, 0.15) is 105 Å². The number of benzene rings is 5. The molecule has 0 bridgehead atoms. The molecule has 8 rings (SSSR count). The Morgan fingerprint density at radius 2 is 0.926 bits per heavy atom. The minimum atomic E-state index is -0.121. The Morgan fingerprint density at radius 3 is 1.44 bits per heavy atom. The predicted molar refractivity (Wildman–Crippen MR) is 230 cm³/mol. The zero-order chi connectivity index (χ0) is 38.5. The summed E-state index contributed by atoms with van der Waals surface area (Å²) < 4.78 is 2.05. The molecule has 0 amide bonds. The molecule has 0 radical (unpaired) electrons. The van der Waals surface area contributed by atoms with Gasteiger partial charge in [0.1, 0.15) is 0 Å². The molecule has 3 heterocycles. The summed E-state index contributed by atoms with van der Waals surface area (Å²) in [6.07, 6.45) is 0. The summed E-state index contributed by atoms with van der Waals surface area (Å²) in [5.74, 6) is 0.981. The highest BCUT2D eigenvalue weighted by molar-refractivity contribution is 6.99. The van der Waals surface area contributed by atoms with E-state index in [4.69, 9.17) is 10.3 Å². The monoisotopic (exact) mass is 711 g/mol. The molecule has 0 saturated heterocycles. The van der Waals surface area contributed by atoms with Crippen LogP contribution in [0.4, 0.5) is 34.3 Å². The predicted octanol–water partition coefficient (Wildman–Crippen LogP) is 10.5. The van der Waals surface area contributed by atoms with Crippen molar-refractivity contribution in [1.82, 2.24) is 15.0 Å². The quantitative estimate of drug-likeness (QED) is 0.171. The lowest BCUT2D eigenvalue weighted by Gasteiger charge is -2.44. The van der Waals surface area contributed by atoms with Crippen molar-refractivity contribution in [1.29, 1.82) is 0 Å². The molecular formula is C48H54BN5. The second kappa shape index (κ2) is 12.2. The number of anilines is 6. The van der Waals surface area contributed by atoms with E-state index < -0.39 is 0 Å². The van der Waals surface area contributed by atoms with E-state index in [0.29, 0.717) is 0 Å². The first kappa shape index (κ1) is 35.9. The largest absolute Gasteiger partial charge is 0.311 e. The molecule has 0 spiro atoms. The van der Waals surface area contributed by atoms with Gasteiger partial charge in [-0.05, 0) is 109 Å². The van der Waals surface area contributed by atoms with Gasteiger partial charge in [-0.1, -0.05) is 143 Å². The molecule has 0 atom stereocenters. The molecule has 0 aliphatic carbocycles. The summed E-state index contributed by atoms with van der Waals surface area (Å²) in [7, 11) is 0. The van der Waals surface area contributed by atoms with Gasteiger partial charge in [0.05, 0.1) is 11.3 Å². The summed E-state index contributed by atoms with van der Waals surface area (Å²) in [5, 5.41) is 10.1. The molecule has 2 aliphatic rings. The van der Waals surface area contributed by atoms with E-state index in [9.17, 15) is 0 Å². The van der Waals surface area contributed by atoms with Gasteiger partial charge in [0.2, 0.25) is 0 Å². The van der Waals surface area contributed by atoms with Gasteiger partial charge >= 0.3 is 0 Å². The van der Waals surface area contributed by atoms with Gasteiger partial charge in [-0.3, -0.25) is 4.90 Å². The molecule has 0 N–H and O–H groups in total. The van der Waals surface area contributed by atoms with E-state index in [1.165, 1.54) is 50.2 Å². The number of hydrogen-bond acceptors (Lipinski definition) is 4. The highest BCUT2D eigenvalue weighted by atomic mass is 15.5. The summed E-state index contributed by atoms with van der Waals surface area (Å²) in [4.78, 5) is 4.94. The van der Waals surface area contributed by atoms with E-state index in [2.05, 4.69) is 202 Å². The minimum absolute atomic E-state index is 0.0343. The Kier molecular flexibility index (Phi) is 8.12. The maximum atomic E-state index is 5.14. The van der Waals surface area contributed by atoms with Crippen LogP contribution < -0.4 is 26.3 Å². The zero-order valence-electron chi connectivity index (χ0n) is 34.2. The van der Waals surface area contributed by atoms with Crippen molar-refractivity contribution in [2.75, 3.05) is 9.80 Å². The molecule has 5 nitrogen and oxygen atoms in total. The topological polar surface area (TPSA) is 37.2 Å². The summed E-state index contributed by atoms with van der Waals surface area (Å²) in [6, 6.07) is 40.8. The Labute approximate surface area is 323 Å². The van der Waals surface area contributed by atoms with Crippen LogP contribution in [-0.4, -0.2) is 21.7 Å². The van der Waals surface area contributed by atoms with Crippen LogP contribution in [0, 0.1) is 0 Å². The van der Waals surface area contributed by atoms with E-state index >= 15 is 0 Å². The molecule has 1 aromatic heterocycles. The lowest BCUT2D eigenvalue weighted by molar-refractivity contribution is 0.589. The number of aromatic nitrogens is 3. The van der Waals surface area contributed by atoms with Crippen LogP contribution in [0.2, 0.25) is 0 Å². The van der Waals surface area contributed by atoms with Gasteiger partial charge in [0.25, 0.3) is 6.71 Å². The van der Waals surface area contributed by atoms with Gasteiger partial charge in [0, 0.05) is 28.4 Å². The maximum absolute atomic E-state index is 5.14. The molecule has 0 unspecified atom stereocenters. The first-order chi connectivity index (χ1) is 25.3. The fraction of sp³-hybridized carbons (Fsp3) is 0.333. The van der Waals surface area contributed by atoms with Gasteiger partial charge in [0.15, 0.2) is 5.82 Å². The van der Waals surface area contributed by atoms with Crippen molar-refractivity contribution in [3.8, 4) is 5.69 Å². The normalized spacial score (nSPS) is 14.2. The fourth-order valence-corrected chi connectivity index (χ4v) is 8.05. The number of hydrogen-bond donors (Lipinski definition) is 0. The SMILES string of the molecule is CC(C)(C)c1ccc(N2c3ccc(C(C)(C)C)cc3B3c4nnn(-c5ccccc5)c4N(c4ccc(C(C)(C)C)cc4)c4cc(C(C)(C)C)cc2c43)cc1.